The van der Waals surface area contributed by atoms with E-state index in [1.165, 1.54) is 0 Å². The van der Waals surface area contributed by atoms with Gasteiger partial charge in [-0.05, 0) is 31.8 Å². The Kier molecular flexibility index (Phi) is 8.84. The first-order valence-electron chi connectivity index (χ1n) is 11.2. The first-order chi connectivity index (χ1) is 14.6. The van der Waals surface area contributed by atoms with Crippen LogP contribution in [0.3, 0.4) is 0 Å². The summed E-state index contributed by atoms with van der Waals surface area (Å²) in [7, 11) is 1.61. The fourth-order valence-electron chi connectivity index (χ4n) is 4.20. The predicted octanol–water partition coefficient (Wildman–Crippen LogP) is 3.52. The number of nitrogens with one attached hydrogen (secondary N) is 1. The number of allylic oxidation sites excluding steroid dienone is 1. The number of rotatable bonds is 8. The lowest BCUT2D eigenvalue weighted by molar-refractivity contribution is -0.137. The molecule has 0 radical (unpaired) electrons. The number of methoxy groups -OCH3 is 1. The van der Waals surface area contributed by atoms with Crippen molar-refractivity contribution in [2.75, 3.05) is 40.0 Å². The number of amides is 1. The molecule has 0 saturated carbocycles. The Bertz CT molecular complexity index is 776. The average Bonchev–Trinajstić information content (AvgIpc) is 2.74. The Balaban J connectivity index is 2.29. The molecule has 2 aliphatic heterocycles. The summed E-state index contributed by atoms with van der Waals surface area (Å²) in [6.07, 6.45) is 3.54. The number of ether oxygens (including phenoxy) is 2. The van der Waals surface area contributed by atoms with Crippen LogP contribution in [0.2, 0.25) is 0 Å². The third-order valence-electron chi connectivity index (χ3n) is 6.11. The molecule has 0 unspecified atom stereocenters. The summed E-state index contributed by atoms with van der Waals surface area (Å²) in [5.74, 6) is 0.426. The summed E-state index contributed by atoms with van der Waals surface area (Å²) < 4.78 is 11.0. The molecular formula is C24H38N4O3. The highest BCUT2D eigenvalue weighted by Crippen LogP contribution is 2.34. The SMILES string of the molecule is CCC(=N)C1=C(C(C#N)=CN2CCN(C(=O)CCOC)[C@H](C(C)C)C2)CC(C)(C)OC1. The van der Waals surface area contributed by atoms with E-state index in [2.05, 4.69) is 24.8 Å². The number of nitrogens with zero attached hydrogens (tertiary/aromatic N) is 3. The zero-order valence-corrected chi connectivity index (χ0v) is 20.0. The molecular weight excluding hydrogens is 392 g/mol. The van der Waals surface area contributed by atoms with E-state index in [9.17, 15) is 10.1 Å². The van der Waals surface area contributed by atoms with Gasteiger partial charge in [0, 0.05) is 50.6 Å². The number of hydrogen-bond acceptors (Lipinski definition) is 6. The highest BCUT2D eigenvalue weighted by molar-refractivity contribution is 5.99. The minimum atomic E-state index is -0.365. The fraction of sp³-hybridized carbons (Fsp3) is 0.708. The molecule has 0 aromatic carbocycles. The summed E-state index contributed by atoms with van der Waals surface area (Å²) >= 11 is 0. The highest BCUT2D eigenvalue weighted by Gasteiger charge is 2.33. The van der Waals surface area contributed by atoms with Crippen LogP contribution in [0.4, 0.5) is 0 Å². The number of nitriles is 1. The van der Waals surface area contributed by atoms with E-state index < -0.39 is 0 Å². The average molecular weight is 431 g/mol. The lowest BCUT2D eigenvalue weighted by atomic mass is 9.85. The Labute approximate surface area is 187 Å². The van der Waals surface area contributed by atoms with Gasteiger partial charge in [0.25, 0.3) is 0 Å². The molecule has 0 aromatic rings. The second-order valence-electron chi connectivity index (χ2n) is 9.31. The molecule has 0 spiro atoms. The van der Waals surface area contributed by atoms with Crippen molar-refractivity contribution in [3.63, 3.8) is 0 Å². The van der Waals surface area contributed by atoms with Crippen LogP contribution < -0.4 is 0 Å². The molecule has 0 bridgehead atoms. The Morgan fingerprint density at radius 2 is 2.10 bits per heavy atom. The lowest BCUT2D eigenvalue weighted by Crippen LogP contribution is -2.56. The van der Waals surface area contributed by atoms with Gasteiger partial charge < -0.3 is 24.7 Å². The van der Waals surface area contributed by atoms with Crippen LogP contribution in [-0.4, -0.2) is 73.0 Å². The van der Waals surface area contributed by atoms with Crippen LogP contribution in [0.15, 0.2) is 22.9 Å². The van der Waals surface area contributed by atoms with Gasteiger partial charge in [-0.2, -0.15) is 5.26 Å². The van der Waals surface area contributed by atoms with E-state index in [4.69, 9.17) is 14.9 Å². The smallest absolute Gasteiger partial charge is 0.225 e. The zero-order valence-electron chi connectivity index (χ0n) is 20.0. The molecule has 1 amide bonds. The Morgan fingerprint density at radius 3 is 2.68 bits per heavy atom. The van der Waals surface area contributed by atoms with Crippen molar-refractivity contribution < 1.29 is 14.3 Å². The molecule has 0 aliphatic carbocycles. The maximum atomic E-state index is 12.6. The summed E-state index contributed by atoms with van der Waals surface area (Å²) in [6.45, 7) is 13.1. The maximum Gasteiger partial charge on any atom is 0.225 e. The van der Waals surface area contributed by atoms with E-state index in [0.29, 0.717) is 69.3 Å². The maximum absolute atomic E-state index is 12.6. The van der Waals surface area contributed by atoms with E-state index >= 15 is 0 Å². The van der Waals surface area contributed by atoms with Crippen LogP contribution in [0, 0.1) is 22.7 Å². The van der Waals surface area contributed by atoms with Gasteiger partial charge in [-0.1, -0.05) is 20.8 Å². The first-order valence-corrected chi connectivity index (χ1v) is 11.2. The van der Waals surface area contributed by atoms with Gasteiger partial charge in [0.2, 0.25) is 5.91 Å². The highest BCUT2D eigenvalue weighted by atomic mass is 16.5. The zero-order chi connectivity index (χ0) is 23.2. The van der Waals surface area contributed by atoms with Crippen molar-refractivity contribution in [1.82, 2.24) is 9.80 Å². The van der Waals surface area contributed by atoms with E-state index in [1.54, 1.807) is 7.11 Å². The number of hydrogen-bond donors (Lipinski definition) is 1. The van der Waals surface area contributed by atoms with Gasteiger partial charge in [-0.15, -0.1) is 0 Å². The number of carbonyl (C=O) groups excluding carboxylic acids is 1. The lowest BCUT2D eigenvalue weighted by Gasteiger charge is -2.43. The van der Waals surface area contributed by atoms with Crippen molar-refractivity contribution >= 4 is 11.6 Å². The second-order valence-corrected chi connectivity index (χ2v) is 9.31. The van der Waals surface area contributed by atoms with Crippen molar-refractivity contribution in [3.8, 4) is 6.07 Å². The van der Waals surface area contributed by atoms with E-state index in [0.717, 1.165) is 11.1 Å². The van der Waals surface area contributed by atoms with Crippen LogP contribution in [0.1, 0.15) is 53.9 Å². The predicted molar refractivity (Wildman–Crippen MR) is 122 cm³/mol. The number of piperazine rings is 1. The molecule has 0 aromatic heterocycles. The molecule has 31 heavy (non-hydrogen) atoms. The topological polar surface area (TPSA) is 89.7 Å². The third-order valence-corrected chi connectivity index (χ3v) is 6.11. The standard InChI is InChI=1S/C24H38N4O3/c1-7-21(26)20-16-31-24(4,5)12-19(20)18(13-25)14-27-9-10-28(22(15-27)17(2)3)23(29)8-11-30-6/h14,17,22,26H,7-12,15-16H2,1-6H3/t22-/m0/s1. The molecule has 7 heteroatoms. The van der Waals surface area contributed by atoms with Crippen LogP contribution in [0.5, 0.6) is 0 Å². The van der Waals surface area contributed by atoms with Gasteiger partial charge in [0.05, 0.1) is 36.9 Å². The van der Waals surface area contributed by atoms with E-state index in [1.807, 2.05) is 31.9 Å². The molecule has 1 N–H and O–H groups in total. The monoisotopic (exact) mass is 430 g/mol. The van der Waals surface area contributed by atoms with Crippen molar-refractivity contribution in [3.05, 3.63) is 22.9 Å². The second kappa shape index (κ2) is 10.9. The quantitative estimate of drug-likeness (QED) is 0.470. The molecule has 1 fully saturated rings. The van der Waals surface area contributed by atoms with Crippen LogP contribution >= 0.6 is 0 Å². The largest absolute Gasteiger partial charge is 0.384 e. The Hall–Kier alpha value is -2.17. The van der Waals surface area contributed by atoms with Gasteiger partial charge >= 0.3 is 0 Å². The molecule has 2 rings (SSSR count). The van der Waals surface area contributed by atoms with Gasteiger partial charge in [-0.25, -0.2) is 0 Å². The Morgan fingerprint density at radius 1 is 1.39 bits per heavy atom. The molecule has 2 heterocycles. The number of carbonyl (C=O) groups is 1. The van der Waals surface area contributed by atoms with Gasteiger partial charge in [-0.3, -0.25) is 4.79 Å². The molecule has 7 nitrogen and oxygen atoms in total. The molecule has 172 valence electrons. The minimum absolute atomic E-state index is 0.0859. The van der Waals surface area contributed by atoms with Crippen molar-refractivity contribution in [2.24, 2.45) is 5.92 Å². The van der Waals surface area contributed by atoms with Gasteiger partial charge in [0.15, 0.2) is 0 Å². The van der Waals surface area contributed by atoms with Gasteiger partial charge in [0.1, 0.15) is 6.07 Å². The summed E-state index contributed by atoms with van der Waals surface area (Å²) in [5, 5.41) is 18.3. The molecule has 1 saturated heterocycles. The summed E-state index contributed by atoms with van der Waals surface area (Å²) in [6, 6.07) is 2.47. The summed E-state index contributed by atoms with van der Waals surface area (Å²) in [4.78, 5) is 16.8. The van der Waals surface area contributed by atoms with Crippen LogP contribution in [0.25, 0.3) is 0 Å². The van der Waals surface area contributed by atoms with Crippen molar-refractivity contribution in [2.45, 2.75) is 65.5 Å². The van der Waals surface area contributed by atoms with Crippen molar-refractivity contribution in [1.29, 1.82) is 10.7 Å². The molecule has 2 aliphatic rings. The van der Waals surface area contributed by atoms with E-state index in [-0.39, 0.29) is 17.6 Å². The third kappa shape index (κ3) is 6.41. The molecule has 1 atom stereocenters. The first kappa shape index (κ1) is 25.1. The minimum Gasteiger partial charge on any atom is -0.384 e. The van der Waals surface area contributed by atoms with Crippen LogP contribution in [-0.2, 0) is 14.3 Å². The fourth-order valence-corrected chi connectivity index (χ4v) is 4.20. The summed E-state index contributed by atoms with van der Waals surface area (Å²) in [5.41, 5.74) is 2.52. The normalized spacial score (nSPS) is 22.0.